The zero-order valence-corrected chi connectivity index (χ0v) is 17.2. The maximum absolute atomic E-state index is 12.6. The predicted molar refractivity (Wildman–Crippen MR) is 107 cm³/mol. The lowest BCUT2D eigenvalue weighted by Gasteiger charge is -2.35. The molecule has 168 valence electrons. The molecule has 1 saturated heterocycles. The Morgan fingerprint density at radius 1 is 0.867 bits per heavy atom. The second-order valence-corrected chi connectivity index (χ2v) is 6.26. The van der Waals surface area contributed by atoms with Crippen molar-refractivity contribution in [3.8, 4) is 11.5 Å². The van der Waals surface area contributed by atoms with E-state index in [9.17, 15) is 22.0 Å². The van der Waals surface area contributed by atoms with Crippen molar-refractivity contribution >= 4 is 24.8 Å². The maximum Gasteiger partial charge on any atom is 0.573 e. The van der Waals surface area contributed by atoms with Gasteiger partial charge >= 0.3 is 13.0 Å². The molecule has 4 nitrogen and oxygen atoms in total. The molecule has 1 atom stereocenters. The molecule has 0 unspecified atom stereocenters. The fourth-order valence-electron chi connectivity index (χ4n) is 3.27. The van der Waals surface area contributed by atoms with Crippen molar-refractivity contribution in [3.63, 3.8) is 0 Å². The van der Waals surface area contributed by atoms with Crippen LogP contribution in [0.15, 0.2) is 48.5 Å². The van der Waals surface area contributed by atoms with Crippen LogP contribution in [0.5, 0.6) is 11.5 Å². The molecule has 0 amide bonds. The molecule has 1 N–H and O–H groups in total. The van der Waals surface area contributed by atoms with Gasteiger partial charge in [-0.25, -0.2) is 0 Å². The summed E-state index contributed by atoms with van der Waals surface area (Å²) in [6, 6.07) is 11.6. The molecule has 0 spiro atoms. The highest BCUT2D eigenvalue weighted by atomic mass is 35.5. The molecule has 11 heteroatoms. The zero-order chi connectivity index (χ0) is 20.1. The third-order valence-electron chi connectivity index (χ3n) is 4.35. The highest BCUT2D eigenvalue weighted by molar-refractivity contribution is 5.85. The molecule has 2 aromatic rings. The molecule has 30 heavy (non-hydrogen) atoms. The summed E-state index contributed by atoms with van der Waals surface area (Å²) in [5, 5.41) is 3.23. The summed E-state index contributed by atoms with van der Waals surface area (Å²) >= 11 is 0. The Morgan fingerprint density at radius 3 is 2.07 bits per heavy atom. The van der Waals surface area contributed by atoms with Gasteiger partial charge in [0.15, 0.2) is 0 Å². The van der Waals surface area contributed by atoms with Crippen LogP contribution in [0.25, 0.3) is 0 Å². The summed E-state index contributed by atoms with van der Waals surface area (Å²) < 4.78 is 70.7. The number of halogens is 7. The van der Waals surface area contributed by atoms with Crippen LogP contribution in [-0.2, 0) is 0 Å². The molecule has 0 bridgehead atoms. The van der Waals surface area contributed by atoms with Crippen LogP contribution in [0.4, 0.5) is 22.0 Å². The van der Waals surface area contributed by atoms with Gasteiger partial charge in [-0.1, -0.05) is 24.3 Å². The monoisotopic (exact) mass is 474 g/mol. The van der Waals surface area contributed by atoms with Gasteiger partial charge in [-0.2, -0.15) is 8.78 Å². The van der Waals surface area contributed by atoms with Gasteiger partial charge in [0.05, 0.1) is 6.04 Å². The SMILES string of the molecule is Cl.Cl.FC(F)Oc1cccc([C@@H](c2ccc(OC(F)(F)F)cc2)N2CCNCC2)c1. The van der Waals surface area contributed by atoms with Crippen molar-refractivity contribution in [1.29, 1.82) is 0 Å². The highest BCUT2D eigenvalue weighted by Crippen LogP contribution is 2.33. The van der Waals surface area contributed by atoms with E-state index in [-0.39, 0.29) is 42.4 Å². The number of alkyl halides is 5. The maximum atomic E-state index is 12.6. The first-order valence-corrected chi connectivity index (χ1v) is 8.67. The van der Waals surface area contributed by atoms with Crippen LogP contribution in [0.2, 0.25) is 0 Å². The fourth-order valence-corrected chi connectivity index (χ4v) is 3.27. The van der Waals surface area contributed by atoms with Crippen molar-refractivity contribution in [3.05, 3.63) is 59.7 Å². The largest absolute Gasteiger partial charge is 0.573 e. The van der Waals surface area contributed by atoms with Crippen LogP contribution >= 0.6 is 24.8 Å². The summed E-state index contributed by atoms with van der Waals surface area (Å²) in [6.45, 7) is -0.0406. The second kappa shape index (κ2) is 11.5. The number of ether oxygens (including phenoxy) is 2. The first-order chi connectivity index (χ1) is 13.3. The molecule has 1 aliphatic heterocycles. The quantitative estimate of drug-likeness (QED) is 0.595. The van der Waals surface area contributed by atoms with E-state index in [0.29, 0.717) is 18.7 Å². The average molecular weight is 475 g/mol. The van der Waals surface area contributed by atoms with Crippen LogP contribution < -0.4 is 14.8 Å². The summed E-state index contributed by atoms with van der Waals surface area (Å²) in [7, 11) is 0. The topological polar surface area (TPSA) is 33.7 Å². The fraction of sp³-hybridized carbons (Fsp3) is 0.368. The third-order valence-corrected chi connectivity index (χ3v) is 4.35. The van der Waals surface area contributed by atoms with Crippen molar-refractivity contribution in [2.24, 2.45) is 0 Å². The Kier molecular flexibility index (Phi) is 10.1. The smallest absolute Gasteiger partial charge is 0.435 e. The Morgan fingerprint density at radius 2 is 1.50 bits per heavy atom. The Labute approximate surface area is 183 Å². The third kappa shape index (κ3) is 7.46. The van der Waals surface area contributed by atoms with E-state index in [2.05, 4.69) is 19.7 Å². The van der Waals surface area contributed by atoms with Crippen molar-refractivity contribution in [2.45, 2.75) is 19.0 Å². The number of nitrogens with one attached hydrogen (secondary N) is 1. The standard InChI is InChI=1S/C19H19F5N2O2.2ClH/c20-18(21)27-16-3-1-2-14(12-16)17(26-10-8-25-9-11-26)13-4-6-15(7-5-13)28-19(22,23)24;;/h1-7,12,17-18,25H,8-11H2;2*1H/t17-;;/m1../s1. The molecule has 0 aliphatic carbocycles. The zero-order valence-electron chi connectivity index (χ0n) is 15.6. The molecule has 1 heterocycles. The van der Waals surface area contributed by atoms with Crippen LogP contribution in [0.1, 0.15) is 17.2 Å². The van der Waals surface area contributed by atoms with Gasteiger partial charge in [-0.3, -0.25) is 4.90 Å². The van der Waals surface area contributed by atoms with Gasteiger partial charge < -0.3 is 14.8 Å². The lowest BCUT2D eigenvalue weighted by atomic mass is 9.96. The summed E-state index contributed by atoms with van der Waals surface area (Å²) in [4.78, 5) is 2.14. The van der Waals surface area contributed by atoms with Gasteiger partial charge in [0.25, 0.3) is 0 Å². The number of nitrogens with zero attached hydrogens (tertiary/aromatic N) is 1. The van der Waals surface area contributed by atoms with Crippen LogP contribution in [-0.4, -0.2) is 44.1 Å². The minimum absolute atomic E-state index is 0. The number of hydrogen-bond acceptors (Lipinski definition) is 4. The summed E-state index contributed by atoms with van der Waals surface area (Å²) in [5.41, 5.74) is 1.44. The van der Waals surface area contributed by atoms with Crippen LogP contribution in [0, 0.1) is 0 Å². The lowest BCUT2D eigenvalue weighted by molar-refractivity contribution is -0.274. The van der Waals surface area contributed by atoms with E-state index >= 15 is 0 Å². The van der Waals surface area contributed by atoms with E-state index in [1.54, 1.807) is 24.3 Å². The molecule has 0 radical (unpaired) electrons. The van der Waals surface area contributed by atoms with Gasteiger partial charge in [-0.15, -0.1) is 38.0 Å². The van der Waals surface area contributed by atoms with Crippen molar-refractivity contribution < 1.29 is 31.4 Å². The number of rotatable bonds is 6. The molecule has 0 saturated carbocycles. The minimum Gasteiger partial charge on any atom is -0.435 e. The second-order valence-electron chi connectivity index (χ2n) is 6.26. The van der Waals surface area contributed by atoms with Gasteiger partial charge in [0, 0.05) is 26.2 Å². The molecule has 3 rings (SSSR count). The Balaban J connectivity index is 0.00000225. The number of benzene rings is 2. The normalized spacial score (nSPS) is 15.7. The van der Waals surface area contributed by atoms with Gasteiger partial charge in [0.1, 0.15) is 11.5 Å². The Hall–Kier alpha value is -1.81. The number of hydrogen-bond donors (Lipinski definition) is 1. The first-order valence-electron chi connectivity index (χ1n) is 8.67. The lowest BCUT2D eigenvalue weighted by Crippen LogP contribution is -2.45. The van der Waals surface area contributed by atoms with E-state index in [4.69, 9.17) is 0 Å². The van der Waals surface area contributed by atoms with Crippen molar-refractivity contribution in [1.82, 2.24) is 10.2 Å². The highest BCUT2D eigenvalue weighted by Gasteiger charge is 2.31. The van der Waals surface area contributed by atoms with Crippen LogP contribution in [0.3, 0.4) is 0 Å². The van der Waals surface area contributed by atoms with E-state index < -0.39 is 13.0 Å². The molecule has 2 aromatic carbocycles. The average Bonchev–Trinajstić information content (AvgIpc) is 2.63. The molecule has 1 fully saturated rings. The number of piperazine rings is 1. The predicted octanol–water partition coefficient (Wildman–Crippen LogP) is 5.02. The van der Waals surface area contributed by atoms with E-state index in [0.717, 1.165) is 18.7 Å². The molecule has 1 aliphatic rings. The molecular formula is C19H21Cl2F5N2O2. The van der Waals surface area contributed by atoms with Gasteiger partial charge in [-0.05, 0) is 35.4 Å². The minimum atomic E-state index is -4.76. The van der Waals surface area contributed by atoms with Gasteiger partial charge in [0.2, 0.25) is 0 Å². The molecular weight excluding hydrogens is 454 g/mol. The molecule has 0 aromatic heterocycles. The van der Waals surface area contributed by atoms with Crippen molar-refractivity contribution in [2.75, 3.05) is 26.2 Å². The summed E-state index contributed by atoms with van der Waals surface area (Å²) in [5.74, 6) is -0.283. The first kappa shape index (κ1) is 26.2. The summed E-state index contributed by atoms with van der Waals surface area (Å²) in [6.07, 6.45) is -4.76. The van der Waals surface area contributed by atoms with E-state index in [1.807, 2.05) is 0 Å². The van der Waals surface area contributed by atoms with E-state index in [1.165, 1.54) is 24.3 Å². The Bertz CT molecular complexity index is 772.